The second kappa shape index (κ2) is 6.13. The van der Waals surface area contributed by atoms with Crippen LogP contribution in [0.3, 0.4) is 0 Å². The molecule has 0 radical (unpaired) electrons. The SMILES string of the molecule is NCC1CCCN(c2nccc(-c3cncc(F)c3)n2)C1. The van der Waals surface area contributed by atoms with Gasteiger partial charge in [-0.1, -0.05) is 0 Å². The van der Waals surface area contributed by atoms with Crippen molar-refractivity contribution in [3.63, 3.8) is 0 Å². The average molecular weight is 287 g/mol. The standard InChI is InChI=1S/C15H18FN5/c16-13-6-12(8-18-9-13)14-3-4-19-15(20-14)21-5-1-2-11(7-17)10-21/h3-4,6,8-9,11H,1-2,5,7,10,17H2. The van der Waals surface area contributed by atoms with Gasteiger partial charge in [0, 0.05) is 31.0 Å². The molecule has 2 aromatic rings. The van der Waals surface area contributed by atoms with Crippen molar-refractivity contribution < 1.29 is 4.39 Å². The molecule has 1 aliphatic rings. The maximum absolute atomic E-state index is 13.3. The van der Waals surface area contributed by atoms with Gasteiger partial charge in [-0.15, -0.1) is 0 Å². The first-order valence-electron chi connectivity index (χ1n) is 7.15. The summed E-state index contributed by atoms with van der Waals surface area (Å²) in [6.45, 7) is 2.49. The molecule has 3 heterocycles. The molecule has 21 heavy (non-hydrogen) atoms. The molecular weight excluding hydrogens is 269 g/mol. The largest absolute Gasteiger partial charge is 0.340 e. The summed E-state index contributed by atoms with van der Waals surface area (Å²) in [5.74, 6) is 0.797. The van der Waals surface area contributed by atoms with Crippen LogP contribution >= 0.6 is 0 Å². The van der Waals surface area contributed by atoms with Crippen LogP contribution in [0.25, 0.3) is 11.3 Å². The number of hydrogen-bond acceptors (Lipinski definition) is 5. The van der Waals surface area contributed by atoms with E-state index in [1.54, 1.807) is 18.5 Å². The predicted octanol–water partition coefficient (Wildman–Crippen LogP) is 1.85. The minimum Gasteiger partial charge on any atom is -0.340 e. The summed E-state index contributed by atoms with van der Waals surface area (Å²) < 4.78 is 13.3. The molecule has 5 nitrogen and oxygen atoms in total. The zero-order chi connectivity index (χ0) is 14.7. The predicted molar refractivity (Wildman–Crippen MR) is 79.2 cm³/mol. The van der Waals surface area contributed by atoms with Crippen LogP contribution in [0, 0.1) is 11.7 Å². The molecule has 1 aliphatic heterocycles. The Bertz CT molecular complexity index is 619. The summed E-state index contributed by atoms with van der Waals surface area (Å²) in [5.41, 5.74) is 7.10. The van der Waals surface area contributed by atoms with E-state index in [1.165, 1.54) is 12.3 Å². The summed E-state index contributed by atoms with van der Waals surface area (Å²) in [6.07, 6.45) is 6.74. The summed E-state index contributed by atoms with van der Waals surface area (Å²) in [4.78, 5) is 14.9. The third-order valence-electron chi connectivity index (χ3n) is 3.78. The van der Waals surface area contributed by atoms with Crippen LogP contribution in [0.2, 0.25) is 0 Å². The average Bonchev–Trinajstić information content (AvgIpc) is 2.55. The molecule has 1 atom stereocenters. The van der Waals surface area contributed by atoms with E-state index in [-0.39, 0.29) is 5.82 Å². The highest BCUT2D eigenvalue weighted by molar-refractivity contribution is 5.58. The quantitative estimate of drug-likeness (QED) is 0.933. The highest BCUT2D eigenvalue weighted by atomic mass is 19.1. The molecule has 0 bridgehead atoms. The molecule has 1 saturated heterocycles. The van der Waals surface area contributed by atoms with Crippen LogP contribution in [0.4, 0.5) is 10.3 Å². The van der Waals surface area contributed by atoms with E-state index in [0.29, 0.717) is 29.7 Å². The van der Waals surface area contributed by atoms with Gasteiger partial charge in [-0.2, -0.15) is 0 Å². The van der Waals surface area contributed by atoms with Gasteiger partial charge in [-0.05, 0) is 37.4 Å². The zero-order valence-electron chi connectivity index (χ0n) is 11.7. The first kappa shape index (κ1) is 13.9. The molecule has 1 unspecified atom stereocenters. The third kappa shape index (κ3) is 3.16. The first-order valence-corrected chi connectivity index (χ1v) is 7.15. The summed E-state index contributed by atoms with van der Waals surface area (Å²) in [6, 6.07) is 3.20. The second-order valence-electron chi connectivity index (χ2n) is 5.32. The topological polar surface area (TPSA) is 67.9 Å². The number of nitrogens with two attached hydrogens (primary N) is 1. The van der Waals surface area contributed by atoms with Gasteiger partial charge >= 0.3 is 0 Å². The molecule has 6 heteroatoms. The van der Waals surface area contributed by atoms with Gasteiger partial charge < -0.3 is 10.6 Å². The number of piperidine rings is 1. The Hall–Kier alpha value is -2.08. The molecule has 1 fully saturated rings. The van der Waals surface area contributed by atoms with E-state index in [9.17, 15) is 4.39 Å². The van der Waals surface area contributed by atoms with Crippen molar-refractivity contribution >= 4 is 5.95 Å². The fourth-order valence-corrected chi connectivity index (χ4v) is 2.65. The van der Waals surface area contributed by atoms with Gasteiger partial charge in [-0.25, -0.2) is 14.4 Å². The van der Waals surface area contributed by atoms with E-state index < -0.39 is 0 Å². The highest BCUT2D eigenvalue weighted by Crippen LogP contribution is 2.22. The Morgan fingerprint density at radius 2 is 2.29 bits per heavy atom. The van der Waals surface area contributed by atoms with Crippen molar-refractivity contribution in [1.29, 1.82) is 0 Å². The summed E-state index contributed by atoms with van der Waals surface area (Å²) >= 11 is 0. The lowest BCUT2D eigenvalue weighted by Crippen LogP contribution is -2.39. The molecule has 0 aliphatic carbocycles. The number of rotatable bonds is 3. The molecule has 0 aromatic carbocycles. The van der Waals surface area contributed by atoms with E-state index in [4.69, 9.17) is 5.73 Å². The molecule has 0 saturated carbocycles. The Balaban J connectivity index is 1.86. The number of aromatic nitrogens is 3. The number of halogens is 1. The maximum atomic E-state index is 13.3. The monoisotopic (exact) mass is 287 g/mol. The van der Waals surface area contributed by atoms with Crippen molar-refractivity contribution in [3.05, 3.63) is 36.5 Å². The van der Waals surface area contributed by atoms with Gasteiger partial charge in [0.1, 0.15) is 5.82 Å². The second-order valence-corrected chi connectivity index (χ2v) is 5.32. The molecule has 0 amide bonds. The van der Waals surface area contributed by atoms with Crippen molar-refractivity contribution in [1.82, 2.24) is 15.0 Å². The van der Waals surface area contributed by atoms with Crippen LogP contribution in [-0.4, -0.2) is 34.6 Å². The maximum Gasteiger partial charge on any atom is 0.225 e. The van der Waals surface area contributed by atoms with Gasteiger partial charge in [0.25, 0.3) is 0 Å². The fourth-order valence-electron chi connectivity index (χ4n) is 2.65. The van der Waals surface area contributed by atoms with E-state index >= 15 is 0 Å². The zero-order valence-corrected chi connectivity index (χ0v) is 11.7. The highest BCUT2D eigenvalue weighted by Gasteiger charge is 2.21. The van der Waals surface area contributed by atoms with Gasteiger partial charge in [0.05, 0.1) is 11.9 Å². The van der Waals surface area contributed by atoms with Gasteiger partial charge in [-0.3, -0.25) is 4.98 Å². The number of hydrogen-bond donors (Lipinski definition) is 1. The molecular formula is C15H18FN5. The van der Waals surface area contributed by atoms with Crippen molar-refractivity contribution in [2.75, 3.05) is 24.5 Å². The Morgan fingerprint density at radius 3 is 3.10 bits per heavy atom. The normalized spacial score (nSPS) is 18.8. The number of nitrogens with zero attached hydrogens (tertiary/aromatic N) is 4. The Morgan fingerprint density at radius 1 is 1.38 bits per heavy atom. The Kier molecular flexibility index (Phi) is 4.06. The molecule has 3 rings (SSSR count). The lowest BCUT2D eigenvalue weighted by atomic mass is 9.99. The van der Waals surface area contributed by atoms with E-state index in [2.05, 4.69) is 19.9 Å². The molecule has 2 aromatic heterocycles. The smallest absolute Gasteiger partial charge is 0.225 e. The lowest BCUT2D eigenvalue weighted by Gasteiger charge is -2.32. The first-order chi connectivity index (χ1) is 10.3. The summed E-state index contributed by atoms with van der Waals surface area (Å²) in [7, 11) is 0. The van der Waals surface area contributed by atoms with E-state index in [1.807, 2.05) is 0 Å². The minimum absolute atomic E-state index is 0.367. The number of anilines is 1. The van der Waals surface area contributed by atoms with Crippen molar-refractivity contribution in [3.8, 4) is 11.3 Å². The van der Waals surface area contributed by atoms with Gasteiger partial charge in [0.2, 0.25) is 5.95 Å². The Labute approximate surface area is 123 Å². The fraction of sp³-hybridized carbons (Fsp3) is 0.400. The van der Waals surface area contributed by atoms with E-state index in [0.717, 1.165) is 25.9 Å². The number of pyridine rings is 1. The van der Waals surface area contributed by atoms with Crippen LogP contribution in [-0.2, 0) is 0 Å². The third-order valence-corrected chi connectivity index (χ3v) is 3.78. The molecule has 0 spiro atoms. The van der Waals surface area contributed by atoms with Crippen LogP contribution in [0.5, 0.6) is 0 Å². The molecule has 2 N–H and O–H groups in total. The van der Waals surface area contributed by atoms with Crippen molar-refractivity contribution in [2.45, 2.75) is 12.8 Å². The van der Waals surface area contributed by atoms with Crippen LogP contribution < -0.4 is 10.6 Å². The molecule has 110 valence electrons. The lowest BCUT2D eigenvalue weighted by molar-refractivity contribution is 0.419. The van der Waals surface area contributed by atoms with Crippen LogP contribution in [0.1, 0.15) is 12.8 Å². The summed E-state index contributed by atoms with van der Waals surface area (Å²) in [5, 5.41) is 0. The van der Waals surface area contributed by atoms with Crippen molar-refractivity contribution in [2.24, 2.45) is 11.7 Å². The van der Waals surface area contributed by atoms with Gasteiger partial charge in [0.15, 0.2) is 0 Å². The van der Waals surface area contributed by atoms with Crippen LogP contribution in [0.15, 0.2) is 30.7 Å². The minimum atomic E-state index is -0.367.